The topological polar surface area (TPSA) is 39.4 Å². The summed E-state index contributed by atoms with van der Waals surface area (Å²) in [6.45, 7) is 1.71. The van der Waals surface area contributed by atoms with Gasteiger partial charge in [0.05, 0.1) is 30.2 Å². The van der Waals surface area contributed by atoms with E-state index in [1.807, 2.05) is 18.2 Å². The molecule has 0 radical (unpaired) electrons. The molecule has 0 bridgehead atoms. The monoisotopic (exact) mass is 372 g/mol. The first kappa shape index (κ1) is 17.9. The van der Waals surface area contributed by atoms with Gasteiger partial charge >= 0.3 is 0 Å². The molecule has 0 spiro atoms. The maximum Gasteiger partial charge on any atom is 0.190 e. The molecule has 1 aliphatic heterocycles. The van der Waals surface area contributed by atoms with Crippen molar-refractivity contribution < 1.29 is 17.1 Å². The molecule has 1 saturated heterocycles. The molecule has 0 N–H and O–H groups in total. The van der Waals surface area contributed by atoms with Gasteiger partial charge in [-0.2, -0.15) is 0 Å². The number of rotatable bonds is 4. The van der Waals surface area contributed by atoms with Gasteiger partial charge in [-0.25, -0.2) is 4.99 Å². The van der Waals surface area contributed by atoms with Crippen molar-refractivity contribution in [2.75, 3.05) is 6.61 Å². The summed E-state index contributed by atoms with van der Waals surface area (Å²) < 4.78 is 8.13. The lowest BCUT2D eigenvalue weighted by Gasteiger charge is -2.14. The number of nitrogens with zero attached hydrogens (tertiary/aromatic N) is 3. The second-order valence-electron chi connectivity index (χ2n) is 5.84. The van der Waals surface area contributed by atoms with E-state index >= 15 is 0 Å². The van der Waals surface area contributed by atoms with Crippen molar-refractivity contribution in [1.82, 2.24) is 9.55 Å². The second-order valence-corrected chi connectivity index (χ2v) is 6.67. The van der Waals surface area contributed by atoms with Crippen molar-refractivity contribution in [3.8, 4) is 11.3 Å². The highest BCUT2D eigenvalue weighted by molar-refractivity contribution is 7.07. The highest BCUT2D eigenvalue weighted by Gasteiger charge is 2.18. The molecule has 1 atom stereocenters. The van der Waals surface area contributed by atoms with Crippen LogP contribution in [0.3, 0.4) is 0 Å². The van der Waals surface area contributed by atoms with Crippen LogP contribution in [0.1, 0.15) is 12.8 Å². The zero-order valence-electron chi connectivity index (χ0n) is 13.7. The van der Waals surface area contributed by atoms with Gasteiger partial charge in [0, 0.05) is 18.2 Å². The minimum atomic E-state index is 0. The van der Waals surface area contributed by atoms with Crippen LogP contribution in [0.5, 0.6) is 0 Å². The molecule has 1 aliphatic rings. The van der Waals surface area contributed by atoms with E-state index in [4.69, 9.17) is 9.73 Å². The molecule has 0 saturated carbocycles. The third-order valence-electron chi connectivity index (χ3n) is 4.15. The summed E-state index contributed by atoms with van der Waals surface area (Å²) in [7, 11) is 0. The fraction of sp³-hybridized carbons (Fsp3) is 0.263. The molecule has 0 aliphatic carbocycles. The molecule has 0 amide bonds. The highest BCUT2D eigenvalue weighted by atomic mass is 35.5. The maximum absolute atomic E-state index is 5.85. The third kappa shape index (κ3) is 4.18. The predicted octanol–water partition coefficient (Wildman–Crippen LogP) is 1.03. The van der Waals surface area contributed by atoms with Gasteiger partial charge in [-0.05, 0) is 30.5 Å². The summed E-state index contributed by atoms with van der Waals surface area (Å²) in [5, 5.41) is 2.18. The molecule has 1 aromatic carbocycles. The molecule has 3 heterocycles. The zero-order chi connectivity index (χ0) is 16.2. The van der Waals surface area contributed by atoms with E-state index < -0.39 is 0 Å². The van der Waals surface area contributed by atoms with Gasteiger partial charge in [0.15, 0.2) is 4.80 Å². The molecule has 4 nitrogen and oxygen atoms in total. The Labute approximate surface area is 157 Å². The van der Waals surface area contributed by atoms with Crippen molar-refractivity contribution in [3.63, 3.8) is 0 Å². The van der Waals surface area contributed by atoms with Crippen molar-refractivity contribution in [2.45, 2.75) is 25.5 Å². The minimum absolute atomic E-state index is 0. The van der Waals surface area contributed by atoms with Gasteiger partial charge in [0.25, 0.3) is 0 Å². The number of halogens is 1. The molecule has 3 aromatic rings. The van der Waals surface area contributed by atoms with Crippen LogP contribution in [0, 0.1) is 0 Å². The summed E-state index contributed by atoms with van der Waals surface area (Å²) in [5.41, 5.74) is 3.28. The zero-order valence-corrected chi connectivity index (χ0v) is 15.3. The minimum Gasteiger partial charge on any atom is -1.00 e. The average molecular weight is 373 g/mol. The highest BCUT2D eigenvalue weighted by Crippen LogP contribution is 2.23. The van der Waals surface area contributed by atoms with E-state index in [2.05, 4.69) is 39.2 Å². The lowest BCUT2D eigenvalue weighted by Crippen LogP contribution is -3.00. The lowest BCUT2D eigenvalue weighted by molar-refractivity contribution is -0.00000631. The number of ether oxygens (including phenoxy) is 1. The van der Waals surface area contributed by atoms with E-state index in [-0.39, 0.29) is 18.5 Å². The number of hydrogen-bond acceptors (Lipinski definition) is 4. The summed E-state index contributed by atoms with van der Waals surface area (Å²) in [5.74, 6) is 0. The van der Waals surface area contributed by atoms with E-state index in [9.17, 15) is 0 Å². The Hall–Kier alpha value is -1.95. The predicted molar refractivity (Wildman–Crippen MR) is 96.2 cm³/mol. The van der Waals surface area contributed by atoms with E-state index in [0.717, 1.165) is 36.5 Å². The van der Waals surface area contributed by atoms with E-state index in [1.54, 1.807) is 23.7 Å². The molecule has 1 fully saturated rings. The average Bonchev–Trinajstić information content (AvgIpc) is 3.28. The normalized spacial score (nSPS) is 17.4. The summed E-state index contributed by atoms with van der Waals surface area (Å²) in [4.78, 5) is 9.93. The summed E-state index contributed by atoms with van der Waals surface area (Å²) in [6, 6.07) is 14.4. The Balaban J connectivity index is 0.00000182. The number of thiazole rings is 1. The number of benzene rings is 1. The van der Waals surface area contributed by atoms with Gasteiger partial charge in [-0.3, -0.25) is 4.98 Å². The molecule has 2 aromatic heterocycles. The number of hydrogen-bond donors (Lipinski definition) is 0. The fourth-order valence-corrected chi connectivity index (χ4v) is 3.90. The van der Waals surface area contributed by atoms with Crippen LogP contribution in [0.4, 0.5) is 5.69 Å². The first-order valence-corrected chi connectivity index (χ1v) is 9.08. The molecular weight excluding hydrogens is 354 g/mol. The van der Waals surface area contributed by atoms with E-state index in [0.29, 0.717) is 0 Å². The van der Waals surface area contributed by atoms with Crippen LogP contribution in [0.15, 0.2) is 65.2 Å². The van der Waals surface area contributed by atoms with Crippen LogP contribution in [-0.4, -0.2) is 22.3 Å². The second kappa shape index (κ2) is 8.43. The molecular formula is C19H19ClN3OS-. The molecule has 130 valence electrons. The number of aromatic nitrogens is 2. The first-order chi connectivity index (χ1) is 11.9. The van der Waals surface area contributed by atoms with Gasteiger partial charge in [-0.15, -0.1) is 11.3 Å². The SMILES string of the molecule is [Cl-].c1ccc(-c2csc(=Nc3cccnc3)n2CC2CCCO2)cc1. The number of pyridine rings is 1. The largest absolute Gasteiger partial charge is 1.00 e. The van der Waals surface area contributed by atoms with Crippen LogP contribution >= 0.6 is 11.3 Å². The summed E-state index contributed by atoms with van der Waals surface area (Å²) in [6.07, 6.45) is 6.09. The van der Waals surface area contributed by atoms with Gasteiger partial charge in [-0.1, -0.05) is 30.3 Å². The van der Waals surface area contributed by atoms with Gasteiger partial charge in [0.1, 0.15) is 0 Å². The van der Waals surface area contributed by atoms with Crippen molar-refractivity contribution in [3.05, 3.63) is 65.0 Å². The Morgan fingerprint density at radius 3 is 2.80 bits per heavy atom. The Morgan fingerprint density at radius 2 is 2.08 bits per heavy atom. The van der Waals surface area contributed by atoms with Gasteiger partial charge < -0.3 is 21.7 Å². The van der Waals surface area contributed by atoms with Crippen molar-refractivity contribution >= 4 is 17.0 Å². The van der Waals surface area contributed by atoms with Crippen LogP contribution in [0.25, 0.3) is 11.3 Å². The fourth-order valence-electron chi connectivity index (χ4n) is 2.96. The van der Waals surface area contributed by atoms with Crippen LogP contribution in [0.2, 0.25) is 0 Å². The molecule has 4 rings (SSSR count). The Bertz CT molecular complexity index is 855. The first-order valence-electron chi connectivity index (χ1n) is 8.20. The lowest BCUT2D eigenvalue weighted by atomic mass is 10.1. The smallest absolute Gasteiger partial charge is 0.190 e. The van der Waals surface area contributed by atoms with Gasteiger partial charge in [0.2, 0.25) is 0 Å². The maximum atomic E-state index is 5.85. The molecule has 1 unspecified atom stereocenters. The standard InChI is InChI=1S/C19H19N3OS.ClH/c1-2-6-15(7-3-1)18-14-24-19(21-16-8-4-10-20-12-16)22(18)13-17-9-5-11-23-17;/h1-4,6-8,10,12,14,17H,5,9,11,13H2;1H/p-1. The van der Waals surface area contributed by atoms with Crippen molar-refractivity contribution in [1.29, 1.82) is 0 Å². The molecule has 6 heteroatoms. The Morgan fingerprint density at radius 1 is 1.20 bits per heavy atom. The Kier molecular flexibility index (Phi) is 6.02. The summed E-state index contributed by atoms with van der Waals surface area (Å²) >= 11 is 1.66. The van der Waals surface area contributed by atoms with Crippen LogP contribution < -0.4 is 17.2 Å². The van der Waals surface area contributed by atoms with E-state index in [1.165, 1.54) is 11.3 Å². The molecule has 25 heavy (non-hydrogen) atoms. The third-order valence-corrected chi connectivity index (χ3v) is 5.01. The van der Waals surface area contributed by atoms with Crippen molar-refractivity contribution in [2.24, 2.45) is 4.99 Å². The quantitative estimate of drug-likeness (QED) is 0.686. The van der Waals surface area contributed by atoms with Crippen LogP contribution in [-0.2, 0) is 11.3 Å².